The molecule has 1 aliphatic heterocycles. The van der Waals surface area contributed by atoms with E-state index in [0.29, 0.717) is 11.9 Å². The Bertz CT molecular complexity index is 403. The van der Waals surface area contributed by atoms with Crippen LogP contribution in [0.25, 0.3) is 0 Å². The van der Waals surface area contributed by atoms with Crippen LogP contribution in [-0.2, 0) is 4.79 Å². The fourth-order valence-electron chi connectivity index (χ4n) is 1.96. The van der Waals surface area contributed by atoms with Crippen molar-refractivity contribution in [3.8, 4) is 0 Å². The van der Waals surface area contributed by atoms with Gasteiger partial charge in [-0.2, -0.15) is 0 Å². The molecule has 17 heavy (non-hydrogen) atoms. The van der Waals surface area contributed by atoms with Crippen LogP contribution < -0.4 is 16.0 Å². The minimum atomic E-state index is -0.294. The Kier molecular flexibility index (Phi) is 3.28. The van der Waals surface area contributed by atoms with Gasteiger partial charge in [0.25, 0.3) is 0 Å². The topological polar surface area (TPSA) is 97.3 Å². The van der Waals surface area contributed by atoms with Crippen molar-refractivity contribution in [2.75, 3.05) is 18.5 Å². The summed E-state index contributed by atoms with van der Waals surface area (Å²) >= 11 is 0. The van der Waals surface area contributed by atoms with Crippen LogP contribution in [0.15, 0.2) is 4.42 Å². The summed E-state index contributed by atoms with van der Waals surface area (Å²) in [7, 11) is 1.63. The molecule has 1 aromatic heterocycles. The first-order valence-corrected chi connectivity index (χ1v) is 5.70. The predicted octanol–water partition coefficient (Wildman–Crippen LogP) is -0.196. The maximum Gasteiger partial charge on any atom is 0.318 e. The van der Waals surface area contributed by atoms with E-state index in [1.165, 1.54) is 0 Å². The van der Waals surface area contributed by atoms with Crippen LogP contribution in [0.2, 0.25) is 0 Å². The van der Waals surface area contributed by atoms with Crippen LogP contribution in [0.1, 0.15) is 31.7 Å². The average Bonchev–Trinajstić information content (AvgIpc) is 2.95. The van der Waals surface area contributed by atoms with E-state index < -0.39 is 0 Å². The van der Waals surface area contributed by atoms with Crippen LogP contribution in [0.5, 0.6) is 0 Å². The van der Waals surface area contributed by atoms with Gasteiger partial charge in [-0.15, -0.1) is 5.10 Å². The van der Waals surface area contributed by atoms with Crippen LogP contribution >= 0.6 is 0 Å². The van der Waals surface area contributed by atoms with Gasteiger partial charge >= 0.3 is 6.01 Å². The molecule has 1 saturated heterocycles. The Morgan fingerprint density at radius 1 is 1.65 bits per heavy atom. The molecular weight excluding hydrogens is 222 g/mol. The Morgan fingerprint density at radius 2 is 2.41 bits per heavy atom. The number of aromatic nitrogens is 2. The lowest BCUT2D eigenvalue weighted by molar-refractivity contribution is -0.121. The summed E-state index contributed by atoms with van der Waals surface area (Å²) in [5.41, 5.74) is 5.65. The molecule has 94 valence electrons. The largest absolute Gasteiger partial charge is 0.406 e. The van der Waals surface area contributed by atoms with Gasteiger partial charge in [0.2, 0.25) is 11.8 Å². The van der Waals surface area contributed by atoms with Crippen molar-refractivity contribution in [1.82, 2.24) is 15.5 Å². The number of hydrogen-bond acceptors (Lipinski definition) is 6. The molecule has 0 bridgehead atoms. The number of amides is 1. The average molecular weight is 239 g/mol. The van der Waals surface area contributed by atoms with Gasteiger partial charge in [-0.05, 0) is 19.8 Å². The normalized spacial score (nSPS) is 21.6. The second-order valence-electron chi connectivity index (χ2n) is 4.18. The smallest absolute Gasteiger partial charge is 0.318 e. The van der Waals surface area contributed by atoms with E-state index in [4.69, 9.17) is 10.2 Å². The minimum absolute atomic E-state index is 0.0250. The van der Waals surface area contributed by atoms with Gasteiger partial charge in [-0.1, -0.05) is 5.10 Å². The van der Waals surface area contributed by atoms with E-state index in [1.807, 2.05) is 4.90 Å². The number of rotatable bonds is 3. The summed E-state index contributed by atoms with van der Waals surface area (Å²) in [6, 6.07) is -0.137. The van der Waals surface area contributed by atoms with Gasteiger partial charge in [0.15, 0.2) is 0 Å². The summed E-state index contributed by atoms with van der Waals surface area (Å²) in [5, 5.41) is 10.4. The Balaban J connectivity index is 2.17. The molecule has 2 rings (SSSR count). The lowest BCUT2D eigenvalue weighted by Crippen LogP contribution is -2.42. The van der Waals surface area contributed by atoms with E-state index >= 15 is 0 Å². The molecular formula is C10H17N5O2. The van der Waals surface area contributed by atoms with Crippen molar-refractivity contribution in [3.63, 3.8) is 0 Å². The lowest BCUT2D eigenvalue weighted by Gasteiger charge is -2.20. The molecule has 7 nitrogen and oxygen atoms in total. The molecule has 0 aliphatic carbocycles. The fourth-order valence-corrected chi connectivity index (χ4v) is 1.96. The fraction of sp³-hybridized carbons (Fsp3) is 0.700. The summed E-state index contributed by atoms with van der Waals surface area (Å²) in [6.45, 7) is 2.52. The van der Waals surface area contributed by atoms with Gasteiger partial charge < -0.3 is 20.4 Å². The van der Waals surface area contributed by atoms with E-state index in [0.717, 1.165) is 19.4 Å². The molecule has 2 atom stereocenters. The number of carbonyl (C=O) groups excluding carboxylic acids is 1. The number of nitrogens with zero attached hydrogens (tertiary/aromatic N) is 3. The number of nitrogens with two attached hydrogens (primary N) is 1. The summed E-state index contributed by atoms with van der Waals surface area (Å²) in [4.78, 5) is 13.5. The maximum absolute atomic E-state index is 11.7. The quantitative estimate of drug-likeness (QED) is 0.758. The van der Waals surface area contributed by atoms with Gasteiger partial charge in [0.05, 0.1) is 6.04 Å². The molecule has 1 fully saturated rings. The third-order valence-corrected chi connectivity index (χ3v) is 2.87. The Hall–Kier alpha value is -1.63. The number of anilines is 1. The van der Waals surface area contributed by atoms with Crippen LogP contribution in [0.4, 0.5) is 6.01 Å². The highest BCUT2D eigenvalue weighted by Gasteiger charge is 2.33. The molecule has 0 spiro atoms. The van der Waals surface area contributed by atoms with Crippen LogP contribution in [0, 0.1) is 0 Å². The molecule has 0 aromatic carbocycles. The molecule has 1 aliphatic rings. The lowest BCUT2D eigenvalue weighted by atomic mass is 10.2. The number of nitrogens with one attached hydrogen (secondary N) is 1. The van der Waals surface area contributed by atoms with Gasteiger partial charge in [-0.3, -0.25) is 4.79 Å². The Labute approximate surface area is 99.4 Å². The van der Waals surface area contributed by atoms with Crippen LogP contribution in [0.3, 0.4) is 0 Å². The first-order valence-electron chi connectivity index (χ1n) is 5.70. The van der Waals surface area contributed by atoms with E-state index in [-0.39, 0.29) is 18.0 Å². The molecule has 0 saturated carbocycles. The molecule has 7 heteroatoms. The third kappa shape index (κ3) is 2.23. The zero-order valence-corrected chi connectivity index (χ0v) is 10.0. The molecule has 1 aromatic rings. The number of hydrogen-bond donors (Lipinski definition) is 2. The van der Waals surface area contributed by atoms with Crippen molar-refractivity contribution in [2.45, 2.75) is 31.8 Å². The minimum Gasteiger partial charge on any atom is -0.406 e. The summed E-state index contributed by atoms with van der Waals surface area (Å²) in [6.07, 6.45) is 1.74. The molecule has 3 N–H and O–H groups in total. The summed E-state index contributed by atoms with van der Waals surface area (Å²) in [5.74, 6) is 0.366. The Morgan fingerprint density at radius 3 is 3.00 bits per heavy atom. The number of carbonyl (C=O) groups is 1. The van der Waals surface area contributed by atoms with Gasteiger partial charge in [-0.25, -0.2) is 0 Å². The number of likely N-dealkylation sites (N-methyl/N-ethyl adjacent to an activating group) is 1. The highest BCUT2D eigenvalue weighted by atomic mass is 16.4. The van der Waals surface area contributed by atoms with Crippen LogP contribution in [-0.4, -0.2) is 35.7 Å². The molecule has 0 radical (unpaired) electrons. The maximum atomic E-state index is 11.7. The van der Waals surface area contributed by atoms with E-state index in [1.54, 1.807) is 14.0 Å². The summed E-state index contributed by atoms with van der Waals surface area (Å²) < 4.78 is 5.45. The molecule has 2 unspecified atom stereocenters. The monoisotopic (exact) mass is 239 g/mol. The van der Waals surface area contributed by atoms with Crippen molar-refractivity contribution in [2.24, 2.45) is 5.73 Å². The van der Waals surface area contributed by atoms with E-state index in [2.05, 4.69) is 15.5 Å². The zero-order valence-electron chi connectivity index (χ0n) is 10.0. The first-order chi connectivity index (χ1) is 8.13. The third-order valence-electron chi connectivity index (χ3n) is 2.87. The van der Waals surface area contributed by atoms with Crippen molar-refractivity contribution in [3.05, 3.63) is 5.89 Å². The second kappa shape index (κ2) is 4.70. The van der Waals surface area contributed by atoms with Crippen molar-refractivity contribution >= 4 is 11.9 Å². The second-order valence-corrected chi connectivity index (χ2v) is 4.18. The van der Waals surface area contributed by atoms with Crippen molar-refractivity contribution < 1.29 is 9.21 Å². The van der Waals surface area contributed by atoms with Gasteiger partial charge in [0, 0.05) is 13.6 Å². The molecule has 1 amide bonds. The highest BCUT2D eigenvalue weighted by molar-refractivity contribution is 5.84. The van der Waals surface area contributed by atoms with E-state index in [9.17, 15) is 4.79 Å². The predicted molar refractivity (Wildman–Crippen MR) is 61.3 cm³/mol. The first kappa shape index (κ1) is 11.8. The SMILES string of the molecule is CNC(=O)C1CCCN1c1nnc(C(C)N)o1. The standard InChI is InChI=1S/C10H17N5O2/c1-6(11)9-13-14-10(17-9)15-5-3-4-7(15)8(16)12-2/h6-7H,3-5,11H2,1-2H3,(H,12,16). The van der Waals surface area contributed by atoms with Crippen molar-refractivity contribution in [1.29, 1.82) is 0 Å². The highest BCUT2D eigenvalue weighted by Crippen LogP contribution is 2.25. The van der Waals surface area contributed by atoms with Gasteiger partial charge in [0.1, 0.15) is 6.04 Å². The molecule has 2 heterocycles. The zero-order chi connectivity index (χ0) is 12.4.